The molecule has 1 rings (SSSR count). The minimum atomic E-state index is -0.943. The summed E-state index contributed by atoms with van der Waals surface area (Å²) in [5.74, 6) is -0.287. The fourth-order valence-corrected chi connectivity index (χ4v) is 1.53. The van der Waals surface area contributed by atoms with Crippen molar-refractivity contribution >= 4 is 5.97 Å². The third kappa shape index (κ3) is 7.08. The molecule has 20 heavy (non-hydrogen) atoms. The van der Waals surface area contributed by atoms with E-state index in [2.05, 4.69) is 5.32 Å². The molecular weight excluding hydrogens is 262 g/mol. The Bertz CT molecular complexity index is 380. The van der Waals surface area contributed by atoms with E-state index in [1.807, 2.05) is 0 Å². The Balaban J connectivity index is 2.02. The molecule has 6 nitrogen and oxygen atoms in total. The van der Waals surface area contributed by atoms with Gasteiger partial charge in [-0.3, -0.25) is 0 Å². The van der Waals surface area contributed by atoms with Crippen LogP contribution in [-0.2, 0) is 4.74 Å². The highest BCUT2D eigenvalue weighted by Crippen LogP contribution is 2.11. The SMILES string of the molecule is O=C(O)c1ccc(OCCNCCCOCCO)cc1. The van der Waals surface area contributed by atoms with Gasteiger partial charge in [0.15, 0.2) is 0 Å². The Labute approximate surface area is 118 Å². The van der Waals surface area contributed by atoms with Gasteiger partial charge in [0.25, 0.3) is 0 Å². The number of hydrogen-bond acceptors (Lipinski definition) is 5. The van der Waals surface area contributed by atoms with Gasteiger partial charge in [0.1, 0.15) is 12.4 Å². The quantitative estimate of drug-likeness (QED) is 0.519. The Kier molecular flexibility index (Phi) is 8.37. The van der Waals surface area contributed by atoms with Gasteiger partial charge < -0.3 is 25.0 Å². The summed E-state index contributed by atoms with van der Waals surface area (Å²) in [6, 6.07) is 6.32. The second-order valence-electron chi connectivity index (χ2n) is 4.12. The fourth-order valence-electron chi connectivity index (χ4n) is 1.53. The van der Waals surface area contributed by atoms with Gasteiger partial charge in [0.2, 0.25) is 0 Å². The molecule has 0 atom stereocenters. The van der Waals surface area contributed by atoms with E-state index in [1.165, 1.54) is 12.1 Å². The molecule has 0 unspecified atom stereocenters. The summed E-state index contributed by atoms with van der Waals surface area (Å²) in [5.41, 5.74) is 0.248. The zero-order valence-corrected chi connectivity index (χ0v) is 11.4. The normalized spacial score (nSPS) is 10.4. The monoisotopic (exact) mass is 283 g/mol. The van der Waals surface area contributed by atoms with Crippen LogP contribution in [0.15, 0.2) is 24.3 Å². The van der Waals surface area contributed by atoms with Gasteiger partial charge in [-0.15, -0.1) is 0 Å². The van der Waals surface area contributed by atoms with Gasteiger partial charge in [-0.1, -0.05) is 0 Å². The molecular formula is C14H21NO5. The van der Waals surface area contributed by atoms with E-state index >= 15 is 0 Å². The van der Waals surface area contributed by atoms with Crippen molar-refractivity contribution in [2.75, 3.05) is 39.5 Å². The third-order valence-corrected chi connectivity index (χ3v) is 2.53. The van der Waals surface area contributed by atoms with Crippen molar-refractivity contribution in [3.63, 3.8) is 0 Å². The number of benzene rings is 1. The summed E-state index contributed by atoms with van der Waals surface area (Å²) in [7, 11) is 0. The molecule has 0 radical (unpaired) electrons. The lowest BCUT2D eigenvalue weighted by Crippen LogP contribution is -2.23. The molecule has 0 aliphatic rings. The van der Waals surface area contributed by atoms with Gasteiger partial charge in [0, 0.05) is 13.2 Å². The molecule has 1 aromatic carbocycles. The minimum Gasteiger partial charge on any atom is -0.492 e. The zero-order chi connectivity index (χ0) is 14.6. The Morgan fingerprint density at radius 3 is 2.50 bits per heavy atom. The average molecular weight is 283 g/mol. The maximum atomic E-state index is 10.7. The molecule has 0 saturated carbocycles. The summed E-state index contributed by atoms with van der Waals surface area (Å²) in [6.45, 7) is 3.12. The van der Waals surface area contributed by atoms with Crippen LogP contribution in [0.3, 0.4) is 0 Å². The van der Waals surface area contributed by atoms with E-state index < -0.39 is 5.97 Å². The number of ether oxygens (including phenoxy) is 2. The third-order valence-electron chi connectivity index (χ3n) is 2.53. The number of carbonyl (C=O) groups is 1. The van der Waals surface area contributed by atoms with E-state index in [-0.39, 0.29) is 12.2 Å². The van der Waals surface area contributed by atoms with E-state index in [4.69, 9.17) is 19.7 Å². The number of nitrogens with one attached hydrogen (secondary N) is 1. The van der Waals surface area contributed by atoms with Crippen LogP contribution in [0, 0.1) is 0 Å². The first-order valence-electron chi connectivity index (χ1n) is 6.59. The van der Waals surface area contributed by atoms with Crippen LogP contribution in [0.5, 0.6) is 5.75 Å². The van der Waals surface area contributed by atoms with E-state index in [9.17, 15) is 4.79 Å². The molecule has 0 aromatic heterocycles. The summed E-state index contributed by atoms with van der Waals surface area (Å²) in [6.07, 6.45) is 0.882. The number of aromatic carboxylic acids is 1. The summed E-state index contributed by atoms with van der Waals surface area (Å²) in [4.78, 5) is 10.7. The zero-order valence-electron chi connectivity index (χ0n) is 11.4. The van der Waals surface area contributed by atoms with Crippen molar-refractivity contribution in [3.8, 4) is 5.75 Å². The predicted octanol–water partition coefficient (Wildman–Crippen LogP) is 0.752. The molecule has 0 spiro atoms. The van der Waals surface area contributed by atoms with Gasteiger partial charge in [-0.05, 0) is 37.2 Å². The highest BCUT2D eigenvalue weighted by Gasteiger charge is 2.01. The van der Waals surface area contributed by atoms with Crippen LogP contribution in [0.2, 0.25) is 0 Å². The topological polar surface area (TPSA) is 88.0 Å². The molecule has 0 amide bonds. The van der Waals surface area contributed by atoms with Crippen LogP contribution >= 0.6 is 0 Å². The number of hydrogen-bond donors (Lipinski definition) is 3. The molecule has 0 fully saturated rings. The highest BCUT2D eigenvalue weighted by atomic mass is 16.5. The van der Waals surface area contributed by atoms with Gasteiger partial charge in [-0.25, -0.2) is 4.79 Å². The lowest BCUT2D eigenvalue weighted by molar-refractivity contribution is 0.0697. The summed E-state index contributed by atoms with van der Waals surface area (Å²) in [5, 5.41) is 20.5. The molecule has 0 aliphatic heterocycles. The number of aliphatic hydroxyl groups excluding tert-OH is 1. The molecule has 0 saturated heterocycles. The summed E-state index contributed by atoms with van der Waals surface area (Å²) < 4.78 is 10.6. The Hall–Kier alpha value is -1.63. The van der Waals surface area contributed by atoms with Crippen LogP contribution in [0.25, 0.3) is 0 Å². The van der Waals surface area contributed by atoms with Gasteiger partial charge in [-0.2, -0.15) is 0 Å². The fraction of sp³-hybridized carbons (Fsp3) is 0.500. The number of rotatable bonds is 11. The largest absolute Gasteiger partial charge is 0.492 e. The number of carboxylic acid groups (broad SMARTS) is 1. The van der Waals surface area contributed by atoms with Crippen LogP contribution in [0.1, 0.15) is 16.8 Å². The minimum absolute atomic E-state index is 0.0575. The van der Waals surface area contributed by atoms with E-state index in [0.717, 1.165) is 13.0 Å². The maximum Gasteiger partial charge on any atom is 0.335 e. The Morgan fingerprint density at radius 2 is 1.85 bits per heavy atom. The van der Waals surface area contributed by atoms with Gasteiger partial charge in [0.05, 0.1) is 18.8 Å². The number of carboxylic acids is 1. The molecule has 0 aliphatic carbocycles. The summed E-state index contributed by atoms with van der Waals surface area (Å²) >= 11 is 0. The van der Waals surface area contributed by atoms with Gasteiger partial charge >= 0.3 is 5.97 Å². The van der Waals surface area contributed by atoms with Crippen molar-refractivity contribution in [3.05, 3.63) is 29.8 Å². The first-order valence-corrected chi connectivity index (χ1v) is 6.59. The first kappa shape index (κ1) is 16.4. The molecule has 112 valence electrons. The standard InChI is InChI=1S/C14H21NO5/c16-8-11-19-9-1-6-15-7-10-20-13-4-2-12(3-5-13)14(17)18/h2-5,15-16H,1,6-11H2,(H,17,18). The highest BCUT2D eigenvalue weighted by molar-refractivity contribution is 5.87. The van der Waals surface area contributed by atoms with Crippen molar-refractivity contribution in [2.45, 2.75) is 6.42 Å². The van der Waals surface area contributed by atoms with E-state index in [1.54, 1.807) is 12.1 Å². The maximum absolute atomic E-state index is 10.7. The predicted molar refractivity (Wildman–Crippen MR) is 74.3 cm³/mol. The molecule has 6 heteroatoms. The van der Waals surface area contributed by atoms with Crippen molar-refractivity contribution in [1.29, 1.82) is 0 Å². The molecule has 0 bridgehead atoms. The van der Waals surface area contributed by atoms with Crippen molar-refractivity contribution < 1.29 is 24.5 Å². The average Bonchev–Trinajstić information content (AvgIpc) is 2.46. The smallest absolute Gasteiger partial charge is 0.335 e. The molecule has 1 aromatic rings. The lowest BCUT2D eigenvalue weighted by Gasteiger charge is -2.08. The van der Waals surface area contributed by atoms with Crippen LogP contribution in [-0.4, -0.2) is 55.7 Å². The Morgan fingerprint density at radius 1 is 1.10 bits per heavy atom. The lowest BCUT2D eigenvalue weighted by atomic mass is 10.2. The second kappa shape index (κ2) is 10.2. The second-order valence-corrected chi connectivity index (χ2v) is 4.12. The van der Waals surface area contributed by atoms with Crippen LogP contribution in [0.4, 0.5) is 0 Å². The van der Waals surface area contributed by atoms with Crippen molar-refractivity contribution in [2.24, 2.45) is 0 Å². The molecule has 3 N–H and O–H groups in total. The number of aliphatic hydroxyl groups is 1. The van der Waals surface area contributed by atoms with E-state index in [0.29, 0.717) is 32.1 Å². The molecule has 0 heterocycles. The van der Waals surface area contributed by atoms with Crippen LogP contribution < -0.4 is 10.1 Å². The first-order chi connectivity index (χ1) is 9.74. The van der Waals surface area contributed by atoms with Crippen molar-refractivity contribution in [1.82, 2.24) is 5.32 Å².